The quantitative estimate of drug-likeness (QED) is 0.716. The summed E-state index contributed by atoms with van der Waals surface area (Å²) in [6.07, 6.45) is 3.56. The molecule has 0 radical (unpaired) electrons. The summed E-state index contributed by atoms with van der Waals surface area (Å²) in [6.45, 7) is 3.45. The summed E-state index contributed by atoms with van der Waals surface area (Å²) in [5, 5.41) is 2.79. The van der Waals surface area contributed by atoms with E-state index in [2.05, 4.69) is 5.32 Å². The molecule has 8 nitrogen and oxygen atoms in total. The van der Waals surface area contributed by atoms with Gasteiger partial charge in [0.15, 0.2) is 17.3 Å². The highest BCUT2D eigenvalue weighted by Crippen LogP contribution is 2.39. The van der Waals surface area contributed by atoms with E-state index in [0.717, 1.165) is 17.7 Å². The molecule has 0 saturated carbocycles. The lowest BCUT2D eigenvalue weighted by molar-refractivity contribution is 0.0995. The van der Waals surface area contributed by atoms with E-state index in [1.807, 2.05) is 12.3 Å². The van der Waals surface area contributed by atoms with Crippen LogP contribution in [0.1, 0.15) is 29.2 Å². The van der Waals surface area contributed by atoms with Crippen LogP contribution in [0.5, 0.6) is 11.5 Å². The molecule has 0 bridgehead atoms. The van der Waals surface area contributed by atoms with Crippen LogP contribution >= 0.6 is 11.8 Å². The Morgan fingerprint density at radius 1 is 1.10 bits per heavy atom. The SMILES string of the molecule is CSc1cc2c(cc1NC(=O)c1cc(S(=O)(=O)N3CCCC3)c(C)o1)OCCO2. The second-order valence-electron chi connectivity index (χ2n) is 6.79. The van der Waals surface area contributed by atoms with Crippen molar-refractivity contribution in [1.82, 2.24) is 4.31 Å². The second kappa shape index (κ2) is 7.92. The van der Waals surface area contributed by atoms with Crippen molar-refractivity contribution in [2.75, 3.05) is 37.9 Å². The van der Waals surface area contributed by atoms with Crippen LogP contribution in [0.15, 0.2) is 32.4 Å². The fourth-order valence-electron chi connectivity index (χ4n) is 3.42. The molecule has 2 aliphatic heterocycles. The number of furan rings is 1. The van der Waals surface area contributed by atoms with Gasteiger partial charge in [0.25, 0.3) is 5.91 Å². The number of aryl methyl sites for hydroxylation is 1. The number of nitrogens with one attached hydrogen (secondary N) is 1. The van der Waals surface area contributed by atoms with Crippen molar-refractivity contribution >= 4 is 33.4 Å². The van der Waals surface area contributed by atoms with Gasteiger partial charge in [-0.05, 0) is 32.1 Å². The van der Waals surface area contributed by atoms with E-state index < -0.39 is 15.9 Å². The first-order valence-electron chi connectivity index (χ1n) is 9.29. The van der Waals surface area contributed by atoms with Gasteiger partial charge in [-0.2, -0.15) is 4.31 Å². The number of fused-ring (bicyclic) bond motifs is 1. The molecule has 156 valence electrons. The van der Waals surface area contributed by atoms with Gasteiger partial charge in [0.1, 0.15) is 23.9 Å². The molecule has 2 aliphatic rings. The first-order valence-corrected chi connectivity index (χ1v) is 12.0. The van der Waals surface area contributed by atoms with Gasteiger partial charge in [-0.15, -0.1) is 11.8 Å². The Labute approximate surface area is 173 Å². The molecule has 4 rings (SSSR count). The van der Waals surface area contributed by atoms with Crippen LogP contribution in [0.3, 0.4) is 0 Å². The van der Waals surface area contributed by atoms with E-state index in [1.54, 1.807) is 13.0 Å². The summed E-state index contributed by atoms with van der Waals surface area (Å²) in [6, 6.07) is 4.82. The highest BCUT2D eigenvalue weighted by molar-refractivity contribution is 7.98. The van der Waals surface area contributed by atoms with Gasteiger partial charge in [0, 0.05) is 30.1 Å². The molecular formula is C19H22N2O6S2. The van der Waals surface area contributed by atoms with E-state index in [9.17, 15) is 13.2 Å². The Kier molecular flexibility index (Phi) is 5.50. The normalized spacial score (nSPS) is 16.8. The number of nitrogens with zero attached hydrogens (tertiary/aromatic N) is 1. The average molecular weight is 439 g/mol. The molecule has 3 heterocycles. The van der Waals surface area contributed by atoms with Gasteiger partial charge in [0.05, 0.1) is 5.69 Å². The van der Waals surface area contributed by atoms with Crippen molar-refractivity contribution in [3.8, 4) is 11.5 Å². The average Bonchev–Trinajstić information content (AvgIpc) is 3.38. The van der Waals surface area contributed by atoms with Crippen LogP contribution in [0, 0.1) is 6.92 Å². The molecule has 0 atom stereocenters. The number of anilines is 1. The minimum atomic E-state index is -3.66. The minimum absolute atomic E-state index is 0.0387. The third-order valence-corrected chi connectivity index (χ3v) is 7.68. The van der Waals surface area contributed by atoms with Crippen LogP contribution < -0.4 is 14.8 Å². The number of ether oxygens (including phenoxy) is 2. The van der Waals surface area contributed by atoms with Crippen molar-refractivity contribution in [1.29, 1.82) is 0 Å². The summed E-state index contributed by atoms with van der Waals surface area (Å²) < 4.78 is 43.7. The van der Waals surface area contributed by atoms with Crippen LogP contribution in [-0.4, -0.2) is 51.2 Å². The molecular weight excluding hydrogens is 416 g/mol. The third kappa shape index (κ3) is 3.84. The van der Waals surface area contributed by atoms with Gasteiger partial charge in [-0.1, -0.05) is 0 Å². The zero-order chi connectivity index (χ0) is 20.6. The molecule has 0 unspecified atom stereocenters. The van der Waals surface area contributed by atoms with Gasteiger partial charge in [-0.3, -0.25) is 4.79 Å². The Morgan fingerprint density at radius 2 is 1.76 bits per heavy atom. The Morgan fingerprint density at radius 3 is 2.41 bits per heavy atom. The lowest BCUT2D eigenvalue weighted by Gasteiger charge is -2.20. The van der Waals surface area contributed by atoms with Crippen LogP contribution in [-0.2, 0) is 10.0 Å². The smallest absolute Gasteiger partial charge is 0.291 e. The first kappa shape index (κ1) is 20.1. The number of amides is 1. The maximum atomic E-state index is 12.8. The lowest BCUT2D eigenvalue weighted by Crippen LogP contribution is -2.28. The fourth-order valence-corrected chi connectivity index (χ4v) is 5.65. The number of sulfonamides is 1. The lowest BCUT2D eigenvalue weighted by atomic mass is 10.2. The van der Waals surface area contributed by atoms with Gasteiger partial charge in [0.2, 0.25) is 10.0 Å². The Balaban J connectivity index is 1.60. The molecule has 1 aromatic carbocycles. The Hall–Kier alpha value is -2.17. The van der Waals surface area contributed by atoms with Crippen molar-refractivity contribution in [2.45, 2.75) is 29.6 Å². The number of benzene rings is 1. The van der Waals surface area contributed by atoms with Gasteiger partial charge >= 0.3 is 0 Å². The van der Waals surface area contributed by atoms with Gasteiger partial charge < -0.3 is 19.2 Å². The molecule has 1 saturated heterocycles. The highest BCUT2D eigenvalue weighted by atomic mass is 32.2. The summed E-state index contributed by atoms with van der Waals surface area (Å²) in [5.74, 6) is 0.809. The number of hydrogen-bond donors (Lipinski definition) is 1. The zero-order valence-corrected chi connectivity index (χ0v) is 17.8. The van der Waals surface area contributed by atoms with E-state index >= 15 is 0 Å². The standard InChI is InChI=1S/C19H22N2O6S2/c1-12-18(29(23,24)21-5-3-4-6-21)11-16(27-12)19(22)20-13-9-14-15(10-17(13)28-2)26-8-7-25-14/h9-11H,3-8H2,1-2H3,(H,20,22). The molecule has 1 aromatic heterocycles. The summed E-state index contributed by atoms with van der Waals surface area (Å²) in [7, 11) is -3.66. The van der Waals surface area contributed by atoms with Crippen LogP contribution in [0.25, 0.3) is 0 Å². The maximum absolute atomic E-state index is 12.8. The van der Waals surface area contributed by atoms with E-state index in [1.165, 1.54) is 22.1 Å². The van der Waals surface area contributed by atoms with E-state index in [0.29, 0.717) is 43.5 Å². The summed E-state index contributed by atoms with van der Waals surface area (Å²) in [5.41, 5.74) is 0.546. The van der Waals surface area contributed by atoms with Crippen molar-refractivity contribution < 1.29 is 27.1 Å². The topological polar surface area (TPSA) is 98.1 Å². The van der Waals surface area contributed by atoms with Crippen molar-refractivity contribution in [2.24, 2.45) is 0 Å². The highest BCUT2D eigenvalue weighted by Gasteiger charge is 2.32. The predicted molar refractivity (Wildman–Crippen MR) is 109 cm³/mol. The maximum Gasteiger partial charge on any atom is 0.291 e. The van der Waals surface area contributed by atoms with Crippen molar-refractivity contribution in [3.63, 3.8) is 0 Å². The first-order chi connectivity index (χ1) is 13.9. The molecule has 0 spiro atoms. The Bertz CT molecular complexity index is 1040. The molecule has 10 heteroatoms. The minimum Gasteiger partial charge on any atom is -0.486 e. The van der Waals surface area contributed by atoms with E-state index in [4.69, 9.17) is 13.9 Å². The zero-order valence-electron chi connectivity index (χ0n) is 16.2. The summed E-state index contributed by atoms with van der Waals surface area (Å²) in [4.78, 5) is 13.6. The van der Waals surface area contributed by atoms with Crippen LogP contribution in [0.2, 0.25) is 0 Å². The van der Waals surface area contributed by atoms with E-state index in [-0.39, 0.29) is 16.4 Å². The van der Waals surface area contributed by atoms with Crippen molar-refractivity contribution in [3.05, 3.63) is 29.7 Å². The fraction of sp³-hybridized carbons (Fsp3) is 0.421. The molecule has 1 amide bonds. The monoisotopic (exact) mass is 438 g/mol. The number of hydrogen-bond acceptors (Lipinski definition) is 7. The molecule has 0 aliphatic carbocycles. The number of carbonyl (C=O) groups is 1. The molecule has 2 aromatic rings. The second-order valence-corrected chi connectivity index (χ2v) is 9.55. The predicted octanol–water partition coefficient (Wildman–Crippen LogP) is 3.12. The number of carbonyl (C=O) groups excluding carboxylic acids is 1. The molecule has 29 heavy (non-hydrogen) atoms. The van der Waals surface area contributed by atoms with Gasteiger partial charge in [-0.25, -0.2) is 8.42 Å². The largest absolute Gasteiger partial charge is 0.486 e. The molecule has 1 fully saturated rings. The van der Waals surface area contributed by atoms with Crippen LogP contribution in [0.4, 0.5) is 5.69 Å². The number of rotatable bonds is 5. The molecule has 1 N–H and O–H groups in total. The summed E-state index contributed by atoms with van der Waals surface area (Å²) >= 11 is 1.45. The third-order valence-electron chi connectivity index (χ3n) is 4.89. The number of thioether (sulfide) groups is 1.